The highest BCUT2D eigenvalue weighted by molar-refractivity contribution is 6.31. The molecule has 3 rings (SSSR count). The highest BCUT2D eigenvalue weighted by Crippen LogP contribution is 2.15. The fraction of sp³-hybridized carbons (Fsp3) is 0.467. The molecule has 1 aromatic carbocycles. The molecule has 2 aromatic rings. The van der Waals surface area contributed by atoms with Crippen molar-refractivity contribution in [3.63, 3.8) is 0 Å². The summed E-state index contributed by atoms with van der Waals surface area (Å²) in [4.78, 5) is 21.9. The molecular formula is C15H19ClN4O. The molecule has 1 aliphatic rings. The Balaban J connectivity index is 1.87. The number of piperazine rings is 1. The van der Waals surface area contributed by atoms with E-state index in [1.165, 1.54) is 0 Å². The molecule has 1 aliphatic heterocycles. The average molecular weight is 307 g/mol. The number of nitrogens with zero attached hydrogens (tertiary/aromatic N) is 2. The second-order valence-corrected chi connectivity index (χ2v) is 6.27. The van der Waals surface area contributed by atoms with Crippen molar-refractivity contribution in [1.82, 2.24) is 20.2 Å². The molecule has 1 saturated heterocycles. The van der Waals surface area contributed by atoms with Gasteiger partial charge in [0.05, 0.1) is 17.4 Å². The van der Waals surface area contributed by atoms with Crippen LogP contribution in [0.25, 0.3) is 10.9 Å². The summed E-state index contributed by atoms with van der Waals surface area (Å²) < 4.78 is 0. The summed E-state index contributed by atoms with van der Waals surface area (Å²) in [6.45, 7) is 6.89. The molecule has 0 radical (unpaired) electrons. The van der Waals surface area contributed by atoms with E-state index in [0.717, 1.165) is 13.1 Å². The molecule has 2 atom stereocenters. The molecule has 1 fully saturated rings. The van der Waals surface area contributed by atoms with E-state index in [4.69, 9.17) is 11.6 Å². The van der Waals surface area contributed by atoms with Crippen molar-refractivity contribution in [1.29, 1.82) is 0 Å². The van der Waals surface area contributed by atoms with Crippen LogP contribution in [-0.2, 0) is 6.54 Å². The Kier molecular flexibility index (Phi) is 3.97. The van der Waals surface area contributed by atoms with Crippen molar-refractivity contribution < 1.29 is 0 Å². The topological polar surface area (TPSA) is 61.0 Å². The molecule has 2 unspecified atom stereocenters. The first-order chi connectivity index (χ1) is 10.0. The van der Waals surface area contributed by atoms with Gasteiger partial charge in [-0.1, -0.05) is 11.6 Å². The predicted molar refractivity (Wildman–Crippen MR) is 84.7 cm³/mol. The van der Waals surface area contributed by atoms with E-state index in [1.807, 2.05) is 0 Å². The summed E-state index contributed by atoms with van der Waals surface area (Å²) >= 11 is 5.92. The van der Waals surface area contributed by atoms with Gasteiger partial charge in [0, 0.05) is 30.2 Å². The molecule has 0 bridgehead atoms. The Morgan fingerprint density at radius 2 is 2.05 bits per heavy atom. The highest BCUT2D eigenvalue weighted by atomic mass is 35.5. The van der Waals surface area contributed by atoms with Crippen LogP contribution in [0.2, 0.25) is 5.02 Å². The molecule has 0 aliphatic carbocycles. The normalized spacial score (nSPS) is 23.6. The fourth-order valence-electron chi connectivity index (χ4n) is 3.02. The highest BCUT2D eigenvalue weighted by Gasteiger charge is 2.21. The molecule has 0 saturated carbocycles. The smallest absolute Gasteiger partial charge is 0.258 e. The van der Waals surface area contributed by atoms with Gasteiger partial charge in [-0.25, -0.2) is 4.98 Å². The van der Waals surface area contributed by atoms with Crippen molar-refractivity contribution >= 4 is 22.5 Å². The van der Waals surface area contributed by atoms with Gasteiger partial charge in [0.15, 0.2) is 0 Å². The van der Waals surface area contributed by atoms with Crippen LogP contribution < -0.4 is 10.9 Å². The van der Waals surface area contributed by atoms with Crippen molar-refractivity contribution in [2.75, 3.05) is 13.1 Å². The minimum Gasteiger partial charge on any atom is -0.309 e. The number of fused-ring (bicyclic) bond motifs is 1. The zero-order valence-electron chi connectivity index (χ0n) is 12.2. The van der Waals surface area contributed by atoms with Gasteiger partial charge in [-0.3, -0.25) is 9.69 Å². The summed E-state index contributed by atoms with van der Waals surface area (Å²) in [6, 6.07) is 6.09. The van der Waals surface area contributed by atoms with Crippen molar-refractivity contribution in [2.24, 2.45) is 0 Å². The summed E-state index contributed by atoms with van der Waals surface area (Å²) in [5, 5.41) is 4.58. The van der Waals surface area contributed by atoms with E-state index in [-0.39, 0.29) is 5.56 Å². The van der Waals surface area contributed by atoms with Crippen LogP contribution in [0.3, 0.4) is 0 Å². The standard InChI is InChI=1S/C15H19ClN4O/c1-9-6-20(7-10(2)17-9)8-14-18-13-4-3-11(16)5-12(13)15(21)19-14/h3-5,9-10,17H,6-8H2,1-2H3,(H,18,19,21). The van der Waals surface area contributed by atoms with Gasteiger partial charge in [0.25, 0.3) is 5.56 Å². The minimum absolute atomic E-state index is 0.131. The van der Waals surface area contributed by atoms with Gasteiger partial charge >= 0.3 is 0 Å². The Morgan fingerprint density at radius 1 is 1.33 bits per heavy atom. The number of rotatable bonds is 2. The zero-order valence-corrected chi connectivity index (χ0v) is 12.9. The Labute approximate surface area is 128 Å². The maximum atomic E-state index is 12.1. The third-order valence-corrected chi connectivity index (χ3v) is 3.96. The van der Waals surface area contributed by atoms with Gasteiger partial charge in [-0.15, -0.1) is 0 Å². The van der Waals surface area contributed by atoms with E-state index in [9.17, 15) is 4.79 Å². The number of benzene rings is 1. The van der Waals surface area contributed by atoms with Crippen LogP contribution in [0.1, 0.15) is 19.7 Å². The lowest BCUT2D eigenvalue weighted by molar-refractivity contribution is 0.163. The van der Waals surface area contributed by atoms with Crippen molar-refractivity contribution in [3.8, 4) is 0 Å². The number of nitrogens with one attached hydrogen (secondary N) is 2. The number of aromatic nitrogens is 2. The van der Waals surface area contributed by atoms with E-state index in [0.29, 0.717) is 40.4 Å². The van der Waals surface area contributed by atoms with E-state index >= 15 is 0 Å². The largest absolute Gasteiger partial charge is 0.309 e. The fourth-order valence-corrected chi connectivity index (χ4v) is 3.19. The van der Waals surface area contributed by atoms with Gasteiger partial charge in [-0.2, -0.15) is 0 Å². The third-order valence-electron chi connectivity index (χ3n) is 3.72. The monoisotopic (exact) mass is 306 g/mol. The lowest BCUT2D eigenvalue weighted by Crippen LogP contribution is -2.53. The number of aromatic amines is 1. The van der Waals surface area contributed by atoms with E-state index < -0.39 is 0 Å². The van der Waals surface area contributed by atoms with Crippen LogP contribution >= 0.6 is 11.6 Å². The second-order valence-electron chi connectivity index (χ2n) is 5.84. The Hall–Kier alpha value is -1.43. The van der Waals surface area contributed by atoms with Gasteiger partial charge in [0.2, 0.25) is 0 Å². The quantitative estimate of drug-likeness (QED) is 0.887. The van der Waals surface area contributed by atoms with Gasteiger partial charge in [-0.05, 0) is 32.0 Å². The SMILES string of the molecule is CC1CN(Cc2nc3ccc(Cl)cc3c(=O)[nH]2)CC(C)N1. The first kappa shape index (κ1) is 14.5. The lowest BCUT2D eigenvalue weighted by atomic mass is 10.1. The molecule has 2 N–H and O–H groups in total. The Bertz CT molecular complexity index is 704. The maximum absolute atomic E-state index is 12.1. The molecule has 6 heteroatoms. The predicted octanol–water partition coefficient (Wildman–Crippen LogP) is 1.76. The van der Waals surface area contributed by atoms with Crippen LogP contribution in [0, 0.1) is 0 Å². The molecular weight excluding hydrogens is 288 g/mol. The molecule has 0 amide bonds. The van der Waals surface area contributed by atoms with E-state index in [2.05, 4.69) is 34.0 Å². The van der Waals surface area contributed by atoms with Crippen LogP contribution in [0.4, 0.5) is 0 Å². The number of hydrogen-bond acceptors (Lipinski definition) is 4. The third kappa shape index (κ3) is 3.26. The van der Waals surface area contributed by atoms with Crippen LogP contribution in [0.15, 0.2) is 23.0 Å². The van der Waals surface area contributed by atoms with Gasteiger partial charge < -0.3 is 10.3 Å². The lowest BCUT2D eigenvalue weighted by Gasteiger charge is -2.35. The van der Waals surface area contributed by atoms with E-state index in [1.54, 1.807) is 18.2 Å². The van der Waals surface area contributed by atoms with Crippen molar-refractivity contribution in [3.05, 3.63) is 39.4 Å². The molecule has 5 nitrogen and oxygen atoms in total. The molecule has 112 valence electrons. The first-order valence-electron chi connectivity index (χ1n) is 7.18. The molecule has 2 heterocycles. The minimum atomic E-state index is -0.131. The first-order valence-corrected chi connectivity index (χ1v) is 7.56. The Morgan fingerprint density at radius 3 is 2.76 bits per heavy atom. The summed E-state index contributed by atoms with van der Waals surface area (Å²) in [7, 11) is 0. The molecule has 0 spiro atoms. The summed E-state index contributed by atoms with van der Waals surface area (Å²) in [5.41, 5.74) is 0.558. The van der Waals surface area contributed by atoms with Crippen molar-refractivity contribution in [2.45, 2.75) is 32.5 Å². The summed E-state index contributed by atoms with van der Waals surface area (Å²) in [5.74, 6) is 0.705. The van der Waals surface area contributed by atoms with Crippen LogP contribution in [-0.4, -0.2) is 40.0 Å². The molecule has 21 heavy (non-hydrogen) atoms. The second kappa shape index (κ2) is 5.75. The van der Waals surface area contributed by atoms with Crippen LogP contribution in [0.5, 0.6) is 0 Å². The summed E-state index contributed by atoms with van der Waals surface area (Å²) in [6.07, 6.45) is 0. The number of hydrogen-bond donors (Lipinski definition) is 2. The maximum Gasteiger partial charge on any atom is 0.258 e. The zero-order chi connectivity index (χ0) is 15.0. The average Bonchev–Trinajstić information content (AvgIpc) is 2.38. The van der Waals surface area contributed by atoms with Gasteiger partial charge in [0.1, 0.15) is 5.82 Å². The molecule has 1 aromatic heterocycles. The number of H-pyrrole nitrogens is 1. The number of halogens is 1.